The first-order valence-electron chi connectivity index (χ1n) is 5.85. The Balaban J connectivity index is 2.84. The lowest BCUT2D eigenvalue weighted by molar-refractivity contribution is 0.582. The first-order chi connectivity index (χ1) is 8.62. The third-order valence-electron chi connectivity index (χ3n) is 3.56. The Kier molecular flexibility index (Phi) is 3.27. The second kappa shape index (κ2) is 4.29. The van der Waals surface area contributed by atoms with Gasteiger partial charge in [0.2, 0.25) is 0 Å². The third-order valence-corrected chi connectivity index (χ3v) is 6.01. The summed E-state index contributed by atoms with van der Waals surface area (Å²) >= 11 is 0. The summed E-state index contributed by atoms with van der Waals surface area (Å²) in [5, 5.41) is 0. The molecule has 0 heterocycles. The van der Waals surface area contributed by atoms with E-state index >= 15 is 0 Å². The van der Waals surface area contributed by atoms with Crippen molar-refractivity contribution in [3.05, 3.63) is 23.8 Å². The number of nitrogens with two attached hydrogens (primary N) is 1. The molecular formula is C12H17NO4S2. The summed E-state index contributed by atoms with van der Waals surface area (Å²) in [5.41, 5.74) is 5.89. The molecule has 0 aliphatic heterocycles. The monoisotopic (exact) mass is 303 g/mol. The van der Waals surface area contributed by atoms with E-state index in [1.54, 1.807) is 12.1 Å². The molecule has 2 rings (SSSR count). The van der Waals surface area contributed by atoms with E-state index in [1.165, 1.54) is 6.07 Å². The van der Waals surface area contributed by atoms with Crippen molar-refractivity contribution < 1.29 is 16.8 Å². The van der Waals surface area contributed by atoms with E-state index in [1.807, 2.05) is 0 Å². The molecule has 1 fully saturated rings. The lowest BCUT2D eigenvalue weighted by Gasteiger charge is -2.19. The van der Waals surface area contributed by atoms with Crippen LogP contribution < -0.4 is 5.73 Å². The fourth-order valence-electron chi connectivity index (χ4n) is 2.34. The number of sulfone groups is 2. The van der Waals surface area contributed by atoms with Crippen LogP contribution in [-0.4, -0.2) is 35.9 Å². The van der Waals surface area contributed by atoms with E-state index in [-0.39, 0.29) is 15.2 Å². The summed E-state index contributed by atoms with van der Waals surface area (Å²) in [6, 6.07) is 4.59. The van der Waals surface area contributed by atoms with Gasteiger partial charge in [-0.15, -0.1) is 0 Å². The Labute approximate surface area is 113 Å². The first-order valence-corrected chi connectivity index (χ1v) is 9.64. The van der Waals surface area contributed by atoms with Crippen molar-refractivity contribution in [1.29, 1.82) is 0 Å². The maximum Gasteiger partial charge on any atom is 0.177 e. The van der Waals surface area contributed by atoms with Crippen LogP contribution in [0, 0.1) is 0 Å². The minimum absolute atomic E-state index is 0.0829. The lowest BCUT2D eigenvalue weighted by atomic mass is 9.96. The fourth-order valence-corrected chi connectivity index (χ4v) is 5.14. The summed E-state index contributed by atoms with van der Waals surface area (Å²) in [6.07, 6.45) is 3.63. The summed E-state index contributed by atoms with van der Waals surface area (Å²) < 4.78 is 47.6. The third kappa shape index (κ3) is 2.54. The Morgan fingerprint density at radius 2 is 1.68 bits per heavy atom. The van der Waals surface area contributed by atoms with Gasteiger partial charge in [-0.05, 0) is 24.5 Å². The van der Waals surface area contributed by atoms with Gasteiger partial charge in [-0.3, -0.25) is 0 Å². The van der Waals surface area contributed by atoms with E-state index in [0.29, 0.717) is 12.1 Å². The molecule has 0 saturated heterocycles. The summed E-state index contributed by atoms with van der Waals surface area (Å²) in [6.45, 7) is 0.322. The van der Waals surface area contributed by atoms with Gasteiger partial charge < -0.3 is 5.73 Å². The zero-order chi connectivity index (χ0) is 14.5. The molecule has 1 aromatic carbocycles. The quantitative estimate of drug-likeness (QED) is 0.873. The molecule has 0 unspecified atom stereocenters. The van der Waals surface area contributed by atoms with E-state index in [0.717, 1.165) is 25.4 Å². The molecule has 7 heteroatoms. The molecule has 1 aliphatic carbocycles. The second-order valence-electron chi connectivity index (χ2n) is 5.16. The minimum Gasteiger partial charge on any atom is -0.330 e. The highest BCUT2D eigenvalue weighted by atomic mass is 32.2. The zero-order valence-electron chi connectivity index (χ0n) is 10.9. The maximum absolute atomic E-state index is 12.0. The zero-order valence-corrected chi connectivity index (χ0v) is 12.5. The normalized spacial score (nSPS) is 18.3. The summed E-state index contributed by atoms with van der Waals surface area (Å²) in [5.74, 6) is 0. The SMILES string of the molecule is CS(=O)(=O)c1cccc(C2(CN)CC2)c1S(C)(=O)=O. The average Bonchev–Trinajstić information content (AvgIpc) is 3.06. The van der Waals surface area contributed by atoms with Crippen molar-refractivity contribution in [2.24, 2.45) is 5.73 Å². The first kappa shape index (κ1) is 14.5. The summed E-state index contributed by atoms with van der Waals surface area (Å²) in [7, 11) is -7.24. The topological polar surface area (TPSA) is 94.3 Å². The van der Waals surface area contributed by atoms with Gasteiger partial charge in [0, 0.05) is 24.5 Å². The summed E-state index contributed by atoms with van der Waals surface area (Å²) in [4.78, 5) is -0.215. The number of rotatable bonds is 4. The van der Waals surface area contributed by atoms with Crippen LogP contribution >= 0.6 is 0 Å². The second-order valence-corrected chi connectivity index (χ2v) is 9.10. The average molecular weight is 303 g/mol. The molecule has 0 spiro atoms. The minimum atomic E-state index is -3.64. The van der Waals surface area contributed by atoms with Crippen molar-refractivity contribution >= 4 is 19.7 Å². The van der Waals surface area contributed by atoms with Crippen LogP contribution in [0.5, 0.6) is 0 Å². The van der Waals surface area contributed by atoms with E-state index < -0.39 is 19.7 Å². The maximum atomic E-state index is 12.0. The van der Waals surface area contributed by atoms with E-state index in [4.69, 9.17) is 5.73 Å². The van der Waals surface area contributed by atoms with Gasteiger partial charge in [0.05, 0.1) is 9.79 Å². The molecule has 0 atom stereocenters. The van der Waals surface area contributed by atoms with Crippen molar-refractivity contribution in [1.82, 2.24) is 0 Å². The van der Waals surface area contributed by atoms with Crippen molar-refractivity contribution in [2.45, 2.75) is 28.0 Å². The fraction of sp³-hybridized carbons (Fsp3) is 0.500. The van der Waals surface area contributed by atoms with Crippen molar-refractivity contribution in [3.63, 3.8) is 0 Å². The molecule has 106 valence electrons. The highest BCUT2D eigenvalue weighted by Crippen LogP contribution is 2.50. The van der Waals surface area contributed by atoms with E-state index in [9.17, 15) is 16.8 Å². The molecule has 1 aliphatic rings. The van der Waals surface area contributed by atoms with Gasteiger partial charge in [-0.2, -0.15) is 0 Å². The van der Waals surface area contributed by atoms with Gasteiger partial charge in [0.25, 0.3) is 0 Å². The Morgan fingerprint density at radius 3 is 2.05 bits per heavy atom. The predicted molar refractivity (Wildman–Crippen MR) is 72.6 cm³/mol. The van der Waals surface area contributed by atoms with Gasteiger partial charge in [-0.25, -0.2) is 16.8 Å². The molecule has 1 saturated carbocycles. The molecule has 19 heavy (non-hydrogen) atoms. The number of benzene rings is 1. The molecule has 5 nitrogen and oxygen atoms in total. The molecule has 0 aromatic heterocycles. The van der Waals surface area contributed by atoms with E-state index in [2.05, 4.69) is 0 Å². The van der Waals surface area contributed by atoms with Crippen LogP contribution in [0.4, 0.5) is 0 Å². The predicted octanol–water partition coefficient (Wildman–Crippen LogP) is 0.484. The standard InChI is InChI=1S/C12H17NO4S2/c1-18(14,15)10-5-3-4-9(11(10)19(2,16)17)12(8-13)6-7-12/h3-5H,6-8,13H2,1-2H3. The van der Waals surface area contributed by atoms with Gasteiger partial charge in [0.1, 0.15) is 0 Å². The van der Waals surface area contributed by atoms with Crippen LogP contribution in [0.3, 0.4) is 0 Å². The molecule has 0 amide bonds. The van der Waals surface area contributed by atoms with Gasteiger partial charge in [-0.1, -0.05) is 12.1 Å². The van der Waals surface area contributed by atoms with Crippen molar-refractivity contribution in [3.8, 4) is 0 Å². The smallest absolute Gasteiger partial charge is 0.177 e. The Hall–Kier alpha value is -0.920. The Bertz CT molecular complexity index is 716. The van der Waals surface area contributed by atoms with Crippen molar-refractivity contribution in [2.75, 3.05) is 19.1 Å². The van der Waals surface area contributed by atoms with Gasteiger partial charge >= 0.3 is 0 Å². The highest BCUT2D eigenvalue weighted by Gasteiger charge is 2.46. The van der Waals surface area contributed by atoms with Crippen LogP contribution in [-0.2, 0) is 25.1 Å². The van der Waals surface area contributed by atoms with Crippen LogP contribution in [0.25, 0.3) is 0 Å². The highest BCUT2D eigenvalue weighted by molar-refractivity contribution is 7.93. The Morgan fingerprint density at radius 1 is 1.11 bits per heavy atom. The number of hydrogen-bond acceptors (Lipinski definition) is 5. The molecule has 0 bridgehead atoms. The molecule has 1 aromatic rings. The van der Waals surface area contributed by atoms with Crippen LogP contribution in [0.2, 0.25) is 0 Å². The molecular weight excluding hydrogens is 286 g/mol. The van der Waals surface area contributed by atoms with Gasteiger partial charge in [0.15, 0.2) is 19.7 Å². The number of hydrogen-bond donors (Lipinski definition) is 1. The largest absolute Gasteiger partial charge is 0.330 e. The van der Waals surface area contributed by atoms with Crippen LogP contribution in [0.1, 0.15) is 18.4 Å². The molecule has 2 N–H and O–H groups in total. The molecule has 0 radical (unpaired) electrons. The lowest BCUT2D eigenvalue weighted by Crippen LogP contribution is -2.23. The van der Waals surface area contributed by atoms with Crippen LogP contribution in [0.15, 0.2) is 28.0 Å².